The van der Waals surface area contributed by atoms with Gasteiger partial charge in [0.1, 0.15) is 19.0 Å². The first-order valence-corrected chi connectivity index (χ1v) is 13.1. The number of aryl methyl sites for hydroxylation is 1. The average molecular weight is 513 g/mol. The topological polar surface area (TPSA) is 61.8 Å². The lowest BCUT2D eigenvalue weighted by Gasteiger charge is -2.08. The van der Waals surface area contributed by atoms with E-state index in [1.807, 2.05) is 54.6 Å². The van der Waals surface area contributed by atoms with Gasteiger partial charge >= 0.3 is 11.9 Å². The molecule has 0 aliphatic rings. The first-order chi connectivity index (χ1) is 18.5. The molecule has 0 atom stereocenters. The third-order valence-corrected chi connectivity index (χ3v) is 5.89. The molecule has 38 heavy (non-hydrogen) atoms. The number of hydrogen-bond acceptors (Lipinski definition) is 5. The molecule has 3 rings (SSSR count). The van der Waals surface area contributed by atoms with Crippen molar-refractivity contribution in [3.8, 4) is 16.9 Å². The fourth-order valence-electron chi connectivity index (χ4n) is 3.76. The highest BCUT2D eigenvalue weighted by Gasteiger charge is 2.03. The maximum Gasteiger partial charge on any atom is 0.333 e. The monoisotopic (exact) mass is 512 g/mol. The minimum Gasteiger partial charge on any atom is -0.490 e. The minimum absolute atomic E-state index is 0.184. The van der Waals surface area contributed by atoms with Crippen molar-refractivity contribution in [3.63, 3.8) is 0 Å². The van der Waals surface area contributed by atoms with Crippen LogP contribution in [0.1, 0.15) is 43.7 Å². The van der Waals surface area contributed by atoms with Gasteiger partial charge in [0.2, 0.25) is 0 Å². The summed E-state index contributed by atoms with van der Waals surface area (Å²) in [6.07, 6.45) is 8.33. The maximum atomic E-state index is 11.8. The van der Waals surface area contributed by atoms with Gasteiger partial charge in [0.05, 0.1) is 6.61 Å². The molecule has 0 aliphatic heterocycles. The zero-order valence-corrected chi connectivity index (χ0v) is 22.1. The van der Waals surface area contributed by atoms with Gasteiger partial charge in [-0.15, -0.1) is 0 Å². The van der Waals surface area contributed by atoms with Crippen LogP contribution in [-0.2, 0) is 25.5 Å². The fraction of sp³-hybridized carbons (Fsp3) is 0.273. The number of ether oxygens (including phenoxy) is 3. The lowest BCUT2D eigenvalue weighted by atomic mass is 10.0. The van der Waals surface area contributed by atoms with E-state index in [0.29, 0.717) is 18.8 Å². The molecule has 198 valence electrons. The second-order valence-electron chi connectivity index (χ2n) is 9.06. The molecule has 3 aromatic rings. The Balaban J connectivity index is 1.31. The molecule has 0 bridgehead atoms. The van der Waals surface area contributed by atoms with Gasteiger partial charge in [-0.05, 0) is 66.6 Å². The molecule has 0 spiro atoms. The summed E-state index contributed by atoms with van der Waals surface area (Å²) in [6, 6.07) is 26.1. The van der Waals surface area contributed by atoms with Crippen molar-refractivity contribution in [2.24, 2.45) is 0 Å². The molecule has 0 saturated heterocycles. The average Bonchev–Trinajstić information content (AvgIpc) is 2.95. The first kappa shape index (κ1) is 28.5. The van der Waals surface area contributed by atoms with Gasteiger partial charge in [-0.2, -0.15) is 0 Å². The summed E-state index contributed by atoms with van der Waals surface area (Å²) in [4.78, 5) is 23.2. The largest absolute Gasteiger partial charge is 0.490 e. The highest BCUT2D eigenvalue weighted by atomic mass is 16.6. The van der Waals surface area contributed by atoms with Crippen molar-refractivity contribution in [3.05, 3.63) is 108 Å². The summed E-state index contributed by atoms with van der Waals surface area (Å²) in [5.74, 6) is 0.0339. The van der Waals surface area contributed by atoms with Gasteiger partial charge < -0.3 is 14.2 Å². The van der Waals surface area contributed by atoms with E-state index in [-0.39, 0.29) is 12.6 Å². The second-order valence-corrected chi connectivity index (χ2v) is 9.06. The SMILES string of the molecule is C=C(C)C(=O)OCCCCCCc1ccc(-c2ccc(OCCOC(=O)/C=C/c3ccccc3)cc2)cc1. The maximum absolute atomic E-state index is 11.8. The summed E-state index contributed by atoms with van der Waals surface area (Å²) in [6.45, 7) is 6.18. The number of carbonyl (C=O) groups is 2. The van der Waals surface area contributed by atoms with Crippen LogP contribution >= 0.6 is 0 Å². The van der Waals surface area contributed by atoms with Crippen LogP contribution in [0, 0.1) is 0 Å². The van der Waals surface area contributed by atoms with E-state index in [4.69, 9.17) is 14.2 Å². The molecule has 0 radical (unpaired) electrons. The van der Waals surface area contributed by atoms with Crippen LogP contribution < -0.4 is 4.74 Å². The van der Waals surface area contributed by atoms with E-state index in [1.54, 1.807) is 13.0 Å². The number of unbranched alkanes of at least 4 members (excludes halogenated alkanes) is 3. The van der Waals surface area contributed by atoms with Crippen molar-refractivity contribution >= 4 is 18.0 Å². The Morgan fingerprint density at radius 1 is 0.737 bits per heavy atom. The molecule has 0 amide bonds. The molecule has 0 aliphatic carbocycles. The van der Waals surface area contributed by atoms with E-state index in [1.165, 1.54) is 11.6 Å². The lowest BCUT2D eigenvalue weighted by molar-refractivity contribution is -0.139. The van der Waals surface area contributed by atoms with Crippen LogP contribution in [0.25, 0.3) is 17.2 Å². The lowest BCUT2D eigenvalue weighted by Crippen LogP contribution is -2.10. The molecule has 0 saturated carbocycles. The summed E-state index contributed by atoms with van der Waals surface area (Å²) in [5, 5.41) is 0. The van der Waals surface area contributed by atoms with E-state index >= 15 is 0 Å². The van der Waals surface area contributed by atoms with Crippen molar-refractivity contribution in [2.75, 3.05) is 19.8 Å². The highest BCUT2D eigenvalue weighted by molar-refractivity contribution is 5.87. The van der Waals surface area contributed by atoms with Crippen LogP contribution in [0.15, 0.2) is 97.1 Å². The van der Waals surface area contributed by atoms with Gasteiger partial charge in [-0.1, -0.05) is 86.2 Å². The molecule has 0 unspecified atom stereocenters. The van der Waals surface area contributed by atoms with Crippen molar-refractivity contribution in [2.45, 2.75) is 39.0 Å². The molecule has 0 aromatic heterocycles. The smallest absolute Gasteiger partial charge is 0.333 e. The Bertz CT molecular complexity index is 1180. The van der Waals surface area contributed by atoms with E-state index in [2.05, 4.69) is 30.8 Å². The standard InChI is InChI=1S/C33H36O5/c1-26(2)33(35)38-23-9-4-3-6-12-28-13-16-29(17-14-28)30-18-20-31(21-19-30)36-24-25-37-32(34)22-15-27-10-7-5-8-11-27/h5,7-8,10-11,13-22H,1,3-4,6,9,12,23-25H2,2H3/b22-15+. The predicted molar refractivity (Wildman–Crippen MR) is 152 cm³/mol. The van der Waals surface area contributed by atoms with Crippen LogP contribution in [-0.4, -0.2) is 31.8 Å². The third kappa shape index (κ3) is 10.5. The van der Waals surface area contributed by atoms with Gasteiger partial charge in [0, 0.05) is 11.6 Å². The fourth-order valence-corrected chi connectivity index (χ4v) is 3.76. The van der Waals surface area contributed by atoms with Crippen LogP contribution in [0.5, 0.6) is 5.75 Å². The number of esters is 2. The summed E-state index contributed by atoms with van der Waals surface area (Å²) in [5.41, 5.74) is 4.98. The van der Waals surface area contributed by atoms with Gasteiger partial charge in [-0.3, -0.25) is 0 Å². The molecule has 0 heterocycles. The van der Waals surface area contributed by atoms with Gasteiger partial charge in [-0.25, -0.2) is 9.59 Å². The predicted octanol–water partition coefficient (Wildman–Crippen LogP) is 7.21. The summed E-state index contributed by atoms with van der Waals surface area (Å²) < 4.78 is 16.0. The Morgan fingerprint density at radius 3 is 2.08 bits per heavy atom. The molecular formula is C33H36O5. The zero-order valence-electron chi connectivity index (χ0n) is 22.1. The Morgan fingerprint density at radius 2 is 1.39 bits per heavy atom. The Kier molecular flexibility index (Phi) is 11.9. The number of carbonyl (C=O) groups excluding carboxylic acids is 2. The Labute approximate surface area is 225 Å². The molecule has 0 N–H and O–H groups in total. The van der Waals surface area contributed by atoms with Gasteiger partial charge in [0.25, 0.3) is 0 Å². The van der Waals surface area contributed by atoms with Crippen LogP contribution in [0.4, 0.5) is 0 Å². The number of rotatable bonds is 15. The quantitative estimate of drug-likeness (QED) is 0.122. The second kappa shape index (κ2) is 15.9. The minimum atomic E-state index is -0.391. The number of hydrogen-bond donors (Lipinski definition) is 0. The van der Waals surface area contributed by atoms with Crippen LogP contribution in [0.2, 0.25) is 0 Å². The molecule has 5 nitrogen and oxygen atoms in total. The van der Waals surface area contributed by atoms with Crippen molar-refractivity contribution in [1.29, 1.82) is 0 Å². The summed E-state index contributed by atoms with van der Waals surface area (Å²) in [7, 11) is 0. The molecule has 0 fully saturated rings. The zero-order chi connectivity index (χ0) is 27.0. The Hall–Kier alpha value is -4.12. The third-order valence-electron chi connectivity index (χ3n) is 5.89. The molecule has 5 heteroatoms. The van der Waals surface area contributed by atoms with E-state index in [0.717, 1.165) is 54.5 Å². The summed E-state index contributed by atoms with van der Waals surface area (Å²) >= 11 is 0. The van der Waals surface area contributed by atoms with Crippen molar-refractivity contribution < 1.29 is 23.8 Å². The molecule has 3 aromatic carbocycles. The van der Waals surface area contributed by atoms with E-state index in [9.17, 15) is 9.59 Å². The van der Waals surface area contributed by atoms with E-state index < -0.39 is 5.97 Å². The number of benzene rings is 3. The van der Waals surface area contributed by atoms with Crippen molar-refractivity contribution in [1.82, 2.24) is 0 Å². The molecular weight excluding hydrogens is 476 g/mol. The normalized spacial score (nSPS) is 10.8. The first-order valence-electron chi connectivity index (χ1n) is 13.1. The van der Waals surface area contributed by atoms with Gasteiger partial charge in [0.15, 0.2) is 0 Å². The highest BCUT2D eigenvalue weighted by Crippen LogP contribution is 2.23. The van der Waals surface area contributed by atoms with Crippen LogP contribution in [0.3, 0.4) is 0 Å².